The maximum absolute atomic E-state index is 4.67. The van der Waals surface area contributed by atoms with E-state index in [0.29, 0.717) is 0 Å². The molecule has 12 aromatic rings. The number of nitrogens with zero attached hydrogens (tertiary/aromatic N) is 12. The number of aromatic nitrogens is 4. The number of aryl methyl sites for hydroxylation is 4. The highest BCUT2D eigenvalue weighted by atomic mass is 15.5. The number of anilines is 16. The molecule has 3 aromatic heterocycles. The summed E-state index contributed by atoms with van der Waals surface area (Å²) in [7, 11) is 0. The summed E-state index contributed by atoms with van der Waals surface area (Å²) < 4.78 is 0. The lowest BCUT2D eigenvalue weighted by atomic mass is 10.1. The van der Waals surface area contributed by atoms with Gasteiger partial charge in [0, 0.05) is 70.3 Å². The molecule has 0 N–H and O–H groups in total. The van der Waals surface area contributed by atoms with Crippen molar-refractivity contribution in [2.75, 3.05) is 39.2 Å². The number of rotatable bonds is 8. The summed E-state index contributed by atoms with van der Waals surface area (Å²) in [5, 5.41) is 0. The summed E-state index contributed by atoms with van der Waals surface area (Å²) in [6.07, 6.45) is 7.92. The van der Waals surface area contributed by atoms with Crippen LogP contribution in [0.1, 0.15) is 49.9 Å². The molecule has 0 saturated carbocycles. The van der Waals surface area contributed by atoms with E-state index in [1.807, 2.05) is 42.7 Å². The van der Waals surface area contributed by atoms with Gasteiger partial charge in [-0.3, -0.25) is 0 Å². The van der Waals surface area contributed by atoms with Crippen LogP contribution in [0, 0.1) is 27.7 Å². The molecule has 0 spiro atoms. The second-order valence-electron chi connectivity index (χ2n) is 23.4. The number of benzene rings is 9. The van der Waals surface area contributed by atoms with Crippen LogP contribution < -0.4 is 39.2 Å². The van der Waals surface area contributed by atoms with E-state index in [1.54, 1.807) is 12.4 Å². The van der Waals surface area contributed by atoms with E-state index in [4.69, 9.17) is 0 Å². The summed E-state index contributed by atoms with van der Waals surface area (Å²) in [6.45, 7) is 17.5. The fraction of sp³-hybridized carbons (Fsp3) is 0.150. The van der Waals surface area contributed by atoms with Crippen molar-refractivity contribution in [3.63, 3.8) is 0 Å². The number of hydrogen-bond acceptors (Lipinski definition) is 12. The third-order valence-corrected chi connectivity index (χ3v) is 17.7. The van der Waals surface area contributed by atoms with Crippen molar-refractivity contribution in [3.8, 4) is 0 Å². The molecule has 0 saturated heterocycles. The van der Waals surface area contributed by atoms with Crippen molar-refractivity contribution in [3.05, 3.63) is 314 Å². The summed E-state index contributed by atoms with van der Waals surface area (Å²) in [5.74, 6) is 3.82. The van der Waals surface area contributed by atoms with Gasteiger partial charge in [-0.15, -0.1) is 0 Å². The van der Waals surface area contributed by atoms with E-state index in [9.17, 15) is 0 Å². The average molecular weight is 1210 g/mol. The van der Waals surface area contributed by atoms with Gasteiger partial charge < -0.3 is 39.2 Å². The van der Waals surface area contributed by atoms with Crippen LogP contribution in [0.4, 0.5) is 91.5 Å². The minimum atomic E-state index is 0.107. The fourth-order valence-corrected chi connectivity index (χ4v) is 13.4. The third kappa shape index (κ3) is 11.4. The Morgan fingerprint density at radius 2 is 0.424 bits per heavy atom. The van der Waals surface area contributed by atoms with Crippen molar-refractivity contribution in [2.45, 2.75) is 80.1 Å². The third-order valence-electron chi connectivity index (χ3n) is 17.7. The van der Waals surface area contributed by atoms with Crippen molar-refractivity contribution in [1.82, 2.24) is 19.9 Å². The summed E-state index contributed by atoms with van der Waals surface area (Å²) in [5.41, 5.74) is 19.4. The minimum absolute atomic E-state index is 0.107. The molecule has 92 heavy (non-hydrogen) atoms. The predicted molar refractivity (Wildman–Crippen MR) is 382 cm³/mol. The second-order valence-corrected chi connectivity index (χ2v) is 23.4. The van der Waals surface area contributed by atoms with Gasteiger partial charge in [0.25, 0.3) is 0 Å². The SMILES string of the molecule is Cc1ccccc1N1c2ccccc2N(c2ccccc2)[C@H]1C.Cc1ccccc1N1c2cccnc2N(c2ccccc2)[C@H]1C.Cc1ccccc1N1c2ncccc2N(c2ccccc2)[C@H]1C.Cc1ccccc1N1c2nccnc2N(c2ccccc2)[C@H]1C. The predicted octanol–water partition coefficient (Wildman–Crippen LogP) is 20.1. The maximum Gasteiger partial charge on any atom is 0.178 e. The van der Waals surface area contributed by atoms with Gasteiger partial charge >= 0.3 is 0 Å². The second kappa shape index (κ2) is 26.5. The van der Waals surface area contributed by atoms with Gasteiger partial charge in [0.1, 0.15) is 24.7 Å². The summed E-state index contributed by atoms with van der Waals surface area (Å²) in [6, 6.07) is 92.8. The Hall–Kier alpha value is -11.2. The Bertz CT molecular complexity index is 3890. The van der Waals surface area contributed by atoms with Crippen LogP contribution in [0.2, 0.25) is 0 Å². The molecule has 0 bridgehead atoms. The Kier molecular flexibility index (Phi) is 17.2. The lowest BCUT2D eigenvalue weighted by molar-refractivity contribution is 0.752. The average Bonchev–Trinajstić information content (AvgIpc) is 1.67. The minimum Gasteiger partial charge on any atom is -0.319 e. The van der Waals surface area contributed by atoms with Crippen LogP contribution in [0.5, 0.6) is 0 Å². The van der Waals surface area contributed by atoms with Gasteiger partial charge in [-0.25, -0.2) is 19.9 Å². The lowest BCUT2D eigenvalue weighted by Crippen LogP contribution is -2.35. The zero-order valence-corrected chi connectivity index (χ0v) is 53.4. The molecule has 7 heterocycles. The van der Waals surface area contributed by atoms with Gasteiger partial charge in [-0.1, -0.05) is 158 Å². The van der Waals surface area contributed by atoms with Crippen LogP contribution in [0.25, 0.3) is 0 Å². The first-order valence-electron chi connectivity index (χ1n) is 31.7. The molecule has 0 aliphatic carbocycles. The summed E-state index contributed by atoms with van der Waals surface area (Å²) in [4.78, 5) is 37.2. The molecule has 4 aliphatic heterocycles. The molecule has 4 aliphatic rings. The molecule has 0 amide bonds. The van der Waals surface area contributed by atoms with E-state index < -0.39 is 0 Å². The van der Waals surface area contributed by atoms with Gasteiger partial charge in [-0.05, 0) is 187 Å². The van der Waals surface area contributed by atoms with Crippen molar-refractivity contribution < 1.29 is 0 Å². The highest BCUT2D eigenvalue weighted by molar-refractivity contribution is 5.90. The first-order valence-corrected chi connectivity index (χ1v) is 31.7. The van der Waals surface area contributed by atoms with Gasteiger partial charge in [0.2, 0.25) is 0 Å². The molecule has 16 rings (SSSR count). The van der Waals surface area contributed by atoms with Gasteiger partial charge in [-0.2, -0.15) is 0 Å². The first kappa shape index (κ1) is 59.7. The Morgan fingerprint density at radius 1 is 0.196 bits per heavy atom. The zero-order valence-electron chi connectivity index (χ0n) is 53.4. The quantitative estimate of drug-likeness (QED) is 0.145. The maximum atomic E-state index is 4.67. The van der Waals surface area contributed by atoms with Crippen molar-refractivity contribution in [2.24, 2.45) is 0 Å². The number of pyridine rings is 2. The molecule has 0 fully saturated rings. The highest BCUT2D eigenvalue weighted by Gasteiger charge is 2.40. The zero-order chi connectivity index (χ0) is 63.2. The van der Waals surface area contributed by atoms with E-state index in [-0.39, 0.29) is 24.7 Å². The molecular weight excluding hydrogens is 1130 g/mol. The fourth-order valence-electron chi connectivity index (χ4n) is 13.4. The smallest absolute Gasteiger partial charge is 0.178 e. The molecular formula is C80H76N12. The molecule has 12 heteroatoms. The molecule has 4 atom stereocenters. The van der Waals surface area contributed by atoms with E-state index in [0.717, 1.165) is 46.0 Å². The van der Waals surface area contributed by atoms with Gasteiger partial charge in [0.05, 0.1) is 22.7 Å². The monoisotopic (exact) mass is 1200 g/mol. The molecule has 12 nitrogen and oxygen atoms in total. The Balaban J connectivity index is 0.000000112. The normalized spacial score (nSPS) is 16.5. The Morgan fingerprint density at radius 3 is 0.837 bits per heavy atom. The Labute approximate surface area is 541 Å². The van der Waals surface area contributed by atoms with Crippen LogP contribution in [0.3, 0.4) is 0 Å². The molecule has 0 unspecified atom stereocenters. The number of fused-ring (bicyclic) bond motifs is 4. The standard InChI is InChI=1S/C21H20N2.2C20H19N3.C19H18N4/c1-16-10-6-7-13-19(16)23-17(2)22(18-11-4-3-5-12-18)20-14-8-9-15-21(20)23;1-15-9-6-7-12-18(15)23-16(2)22(17-10-4-3-5-11-17)20-19(23)13-8-14-21-20;1-15-9-6-7-12-18(15)23-16(2)22(17-10-4-3-5-11-17)19-13-8-14-21-20(19)23;1-14-8-6-7-11-17(14)23-15(2)22(16-9-4-3-5-10-16)18-19(23)21-13-12-20-18/h3-15,17H,1-2H3;2*3-14,16H,1-2H3;3-13,15H,1-2H3/t17-;2*16-;15-/m1111/s1. The molecule has 9 aromatic carbocycles. The van der Waals surface area contributed by atoms with E-state index in [2.05, 4.69) is 351 Å². The largest absolute Gasteiger partial charge is 0.319 e. The van der Waals surface area contributed by atoms with Gasteiger partial charge in [0.15, 0.2) is 23.3 Å². The lowest BCUT2D eigenvalue weighted by Gasteiger charge is -2.31. The van der Waals surface area contributed by atoms with Crippen LogP contribution in [-0.2, 0) is 0 Å². The van der Waals surface area contributed by atoms with Crippen LogP contribution in [0.15, 0.2) is 292 Å². The first-order chi connectivity index (χ1) is 45.1. The number of hydrogen-bond donors (Lipinski definition) is 0. The molecule has 0 radical (unpaired) electrons. The molecule has 456 valence electrons. The van der Waals surface area contributed by atoms with Crippen molar-refractivity contribution in [1.29, 1.82) is 0 Å². The van der Waals surface area contributed by atoms with E-state index in [1.165, 1.54) is 67.8 Å². The topological polar surface area (TPSA) is 77.5 Å². The summed E-state index contributed by atoms with van der Waals surface area (Å²) >= 11 is 0. The van der Waals surface area contributed by atoms with Crippen LogP contribution >= 0.6 is 0 Å². The van der Waals surface area contributed by atoms with Crippen LogP contribution in [-0.4, -0.2) is 44.6 Å². The van der Waals surface area contributed by atoms with Crippen molar-refractivity contribution >= 4 is 91.5 Å². The number of para-hydroxylation sites is 10. The van der Waals surface area contributed by atoms with E-state index >= 15 is 0 Å². The highest BCUT2D eigenvalue weighted by Crippen LogP contribution is 2.51.